The third kappa shape index (κ3) is 5.44. The maximum atomic E-state index is 12.7. The Bertz CT molecular complexity index is 997. The van der Waals surface area contributed by atoms with Gasteiger partial charge in [-0.3, -0.25) is 0 Å². The molecule has 3 aromatic carbocycles. The lowest BCUT2D eigenvalue weighted by Crippen LogP contribution is -2.28. The minimum Gasteiger partial charge on any atom is -0.336 e. The van der Waals surface area contributed by atoms with Crippen LogP contribution in [0.4, 0.5) is 18.9 Å². The lowest BCUT2D eigenvalue weighted by Gasteiger charge is -2.11. The second-order valence-electron chi connectivity index (χ2n) is 6.23. The number of halogens is 3. The van der Waals surface area contributed by atoms with Crippen molar-refractivity contribution in [2.45, 2.75) is 13.1 Å². The van der Waals surface area contributed by atoms with E-state index in [1.807, 2.05) is 49.4 Å². The van der Waals surface area contributed by atoms with E-state index in [4.69, 9.17) is 4.84 Å². The fraction of sp³-hybridized carbons (Fsp3) is 0.0909. The van der Waals surface area contributed by atoms with Gasteiger partial charge in [-0.2, -0.15) is 18.7 Å². The van der Waals surface area contributed by atoms with Gasteiger partial charge in [-0.1, -0.05) is 48.0 Å². The molecule has 0 amide bonds. The molecule has 0 atom stereocenters. The zero-order valence-electron chi connectivity index (χ0n) is 15.4. The van der Waals surface area contributed by atoms with E-state index in [1.165, 1.54) is 0 Å². The maximum absolute atomic E-state index is 12.7. The second kappa shape index (κ2) is 8.60. The number of benzene rings is 3. The van der Waals surface area contributed by atoms with Crippen molar-refractivity contribution in [2.24, 2.45) is 4.99 Å². The van der Waals surface area contributed by atoms with Gasteiger partial charge in [0, 0.05) is 5.56 Å². The van der Waals surface area contributed by atoms with Crippen molar-refractivity contribution in [3.05, 3.63) is 101 Å². The van der Waals surface area contributed by atoms with Crippen molar-refractivity contribution in [2.75, 3.05) is 0 Å². The first-order chi connectivity index (χ1) is 13.8. The molecule has 0 saturated carbocycles. The molecule has 1 N–H and O–H groups in total. The molecule has 0 heterocycles. The number of nitrogens with one attached hydrogen (secondary N) is 1. The molecule has 0 aromatic heterocycles. The van der Waals surface area contributed by atoms with E-state index < -0.39 is 17.7 Å². The van der Waals surface area contributed by atoms with E-state index in [2.05, 4.69) is 10.5 Å². The average molecular weight is 398 g/mol. The summed E-state index contributed by atoms with van der Waals surface area (Å²) in [5.41, 5.74) is 4.04. The van der Waals surface area contributed by atoms with Crippen molar-refractivity contribution in [1.82, 2.24) is 5.48 Å². The smallest absolute Gasteiger partial charge is 0.336 e. The first kappa shape index (κ1) is 20.1. The number of carbonyl (C=O) groups excluding carboxylic acids is 1. The first-order valence-corrected chi connectivity index (χ1v) is 8.68. The molecule has 29 heavy (non-hydrogen) atoms. The topological polar surface area (TPSA) is 50.7 Å². The number of hydrogen-bond donors (Lipinski definition) is 1. The van der Waals surface area contributed by atoms with Crippen LogP contribution in [-0.2, 0) is 11.0 Å². The highest BCUT2D eigenvalue weighted by molar-refractivity contribution is 6.01. The van der Waals surface area contributed by atoms with Gasteiger partial charge in [0.1, 0.15) is 0 Å². The summed E-state index contributed by atoms with van der Waals surface area (Å²) in [6.07, 6.45) is -4.47. The van der Waals surface area contributed by atoms with Gasteiger partial charge < -0.3 is 4.84 Å². The van der Waals surface area contributed by atoms with Gasteiger partial charge in [0.2, 0.25) is 0 Å². The van der Waals surface area contributed by atoms with E-state index in [0.29, 0.717) is 11.3 Å². The highest BCUT2D eigenvalue weighted by Crippen LogP contribution is 2.29. The molecular weight excluding hydrogens is 381 g/mol. The highest BCUT2D eigenvalue weighted by atomic mass is 19.4. The van der Waals surface area contributed by atoms with Gasteiger partial charge in [-0.05, 0) is 43.3 Å². The van der Waals surface area contributed by atoms with Crippen LogP contribution in [0.5, 0.6) is 0 Å². The van der Waals surface area contributed by atoms with Crippen LogP contribution in [0.3, 0.4) is 0 Å². The Labute approximate surface area is 165 Å². The number of carbonyl (C=O) groups is 1. The summed E-state index contributed by atoms with van der Waals surface area (Å²) in [5, 5.41) is 0. The van der Waals surface area contributed by atoms with Crippen LogP contribution in [0.15, 0.2) is 83.9 Å². The van der Waals surface area contributed by atoms with Gasteiger partial charge >= 0.3 is 12.1 Å². The molecule has 0 aliphatic heterocycles. The van der Waals surface area contributed by atoms with E-state index in [-0.39, 0.29) is 11.4 Å². The van der Waals surface area contributed by atoms with Gasteiger partial charge in [0.25, 0.3) is 0 Å². The quantitative estimate of drug-likeness (QED) is 0.362. The minimum absolute atomic E-state index is 0.0199. The monoisotopic (exact) mass is 398 g/mol. The molecule has 0 saturated heterocycles. The van der Waals surface area contributed by atoms with E-state index in [9.17, 15) is 18.0 Å². The number of nitrogens with zero attached hydrogens (tertiary/aromatic N) is 1. The summed E-state index contributed by atoms with van der Waals surface area (Å²) in [4.78, 5) is 21.7. The standard InChI is InChI=1S/C22H17F3N2O2/c1-15-7-9-16(10-8-15)20(26-19-5-3-2-4-6-19)27-29-21(28)17-11-13-18(14-12-17)22(23,24)25/h2-14H,1H3,(H,26,27). The highest BCUT2D eigenvalue weighted by Gasteiger charge is 2.30. The van der Waals surface area contributed by atoms with E-state index in [0.717, 1.165) is 29.8 Å². The lowest BCUT2D eigenvalue weighted by atomic mass is 10.1. The van der Waals surface area contributed by atoms with Crippen LogP contribution in [0.1, 0.15) is 27.0 Å². The summed E-state index contributed by atoms with van der Waals surface area (Å²) in [6, 6.07) is 20.2. The van der Waals surface area contributed by atoms with Gasteiger partial charge in [0.15, 0.2) is 5.84 Å². The van der Waals surface area contributed by atoms with Gasteiger partial charge in [-0.15, -0.1) is 0 Å². The molecule has 148 valence electrons. The Kier molecular flexibility index (Phi) is 5.97. The van der Waals surface area contributed by atoms with Crippen molar-refractivity contribution in [1.29, 1.82) is 0 Å². The summed E-state index contributed by atoms with van der Waals surface area (Å²) in [6.45, 7) is 1.94. The van der Waals surface area contributed by atoms with Crippen LogP contribution >= 0.6 is 0 Å². The van der Waals surface area contributed by atoms with Crippen LogP contribution in [0.25, 0.3) is 0 Å². The largest absolute Gasteiger partial charge is 0.416 e. The summed E-state index contributed by atoms with van der Waals surface area (Å²) < 4.78 is 38.0. The number of alkyl halides is 3. The fourth-order valence-corrected chi connectivity index (χ4v) is 2.44. The third-order valence-corrected chi connectivity index (χ3v) is 4.01. The second-order valence-corrected chi connectivity index (χ2v) is 6.23. The van der Waals surface area contributed by atoms with Crippen LogP contribution < -0.4 is 5.48 Å². The lowest BCUT2D eigenvalue weighted by molar-refractivity contribution is -0.137. The van der Waals surface area contributed by atoms with Crippen molar-refractivity contribution >= 4 is 17.5 Å². The molecule has 0 unspecified atom stereocenters. The SMILES string of the molecule is Cc1ccc(C(=Nc2ccccc2)NOC(=O)c2ccc(C(F)(F)F)cc2)cc1. The Hall–Kier alpha value is -3.61. The average Bonchev–Trinajstić information content (AvgIpc) is 2.72. The normalized spacial score (nSPS) is 11.8. The molecule has 0 spiro atoms. The number of aryl methyl sites for hydroxylation is 1. The van der Waals surface area contributed by atoms with Crippen molar-refractivity contribution in [3.63, 3.8) is 0 Å². The van der Waals surface area contributed by atoms with E-state index >= 15 is 0 Å². The van der Waals surface area contributed by atoms with Crippen molar-refractivity contribution < 1.29 is 22.8 Å². The Balaban J connectivity index is 1.78. The van der Waals surface area contributed by atoms with Gasteiger partial charge in [-0.25, -0.2) is 9.79 Å². The Morgan fingerprint density at radius 3 is 2.03 bits per heavy atom. The number of hydrogen-bond acceptors (Lipinski definition) is 3. The van der Waals surface area contributed by atoms with Crippen LogP contribution in [-0.4, -0.2) is 11.8 Å². The number of hydroxylamine groups is 1. The van der Waals surface area contributed by atoms with Crippen LogP contribution in [0, 0.1) is 6.92 Å². The van der Waals surface area contributed by atoms with Crippen molar-refractivity contribution in [3.8, 4) is 0 Å². The van der Waals surface area contributed by atoms with Gasteiger partial charge in [0.05, 0.1) is 16.8 Å². The fourth-order valence-electron chi connectivity index (χ4n) is 2.44. The summed E-state index contributed by atoms with van der Waals surface area (Å²) in [5.74, 6) is -0.539. The number of rotatable bonds is 3. The number of aliphatic imine (C=N–C) groups is 1. The molecule has 0 bridgehead atoms. The predicted octanol–water partition coefficient (Wildman–Crippen LogP) is 5.45. The molecule has 0 fully saturated rings. The molecule has 0 radical (unpaired) electrons. The molecule has 4 nitrogen and oxygen atoms in total. The number of para-hydroxylation sites is 1. The van der Waals surface area contributed by atoms with E-state index in [1.54, 1.807) is 12.1 Å². The summed E-state index contributed by atoms with van der Waals surface area (Å²) >= 11 is 0. The molecule has 3 aromatic rings. The predicted molar refractivity (Wildman–Crippen MR) is 104 cm³/mol. The zero-order chi connectivity index (χ0) is 20.9. The molecule has 0 aliphatic rings. The summed E-state index contributed by atoms with van der Waals surface area (Å²) in [7, 11) is 0. The minimum atomic E-state index is -4.47. The zero-order valence-corrected chi connectivity index (χ0v) is 15.4. The van der Waals surface area contributed by atoms with Crippen LogP contribution in [0.2, 0.25) is 0 Å². The molecule has 0 aliphatic carbocycles. The molecule has 7 heteroatoms. The molecule has 3 rings (SSSR count). The maximum Gasteiger partial charge on any atom is 0.416 e. The number of amidine groups is 1. The third-order valence-electron chi connectivity index (χ3n) is 4.01. The first-order valence-electron chi connectivity index (χ1n) is 8.68. The molecular formula is C22H17F3N2O2. The Morgan fingerprint density at radius 2 is 1.45 bits per heavy atom. The Morgan fingerprint density at radius 1 is 0.862 bits per heavy atom.